The molecule has 0 bridgehead atoms. The van der Waals surface area contributed by atoms with Crippen molar-refractivity contribution in [3.63, 3.8) is 0 Å². The molecule has 0 aromatic heterocycles. The van der Waals surface area contributed by atoms with Crippen LogP contribution < -0.4 is 5.32 Å². The second-order valence-electron chi connectivity index (χ2n) is 5.79. The minimum Gasteiger partial charge on any atom is -0.389 e. The molecule has 0 radical (unpaired) electrons. The van der Waals surface area contributed by atoms with Crippen LogP contribution in [0.5, 0.6) is 0 Å². The summed E-state index contributed by atoms with van der Waals surface area (Å²) in [5, 5.41) is 13.2. The molecule has 0 aliphatic rings. The maximum atomic E-state index is 9.79. The molecular weight excluding hydrogens is 210 g/mol. The van der Waals surface area contributed by atoms with Gasteiger partial charge in [-0.05, 0) is 31.7 Å². The molecule has 2 N–H and O–H groups in total. The largest absolute Gasteiger partial charge is 0.389 e. The Morgan fingerprint density at radius 2 is 1.76 bits per heavy atom. The van der Waals surface area contributed by atoms with E-state index in [1.165, 1.54) is 5.56 Å². The Kier molecular flexibility index (Phi) is 5.16. The van der Waals surface area contributed by atoms with Crippen LogP contribution in [0.15, 0.2) is 30.3 Å². The standard InChI is InChI=1S/C15H25NO/c1-12(2)10-14(16-11-15(3,4)17)13-8-6-5-7-9-13/h5-9,12,14,16-17H,10-11H2,1-4H3. The molecule has 2 heteroatoms. The zero-order valence-electron chi connectivity index (χ0n) is 11.4. The van der Waals surface area contributed by atoms with Crippen LogP contribution in [0, 0.1) is 5.92 Å². The number of rotatable bonds is 6. The molecule has 1 unspecified atom stereocenters. The van der Waals surface area contributed by atoms with Crippen LogP contribution in [-0.2, 0) is 0 Å². The quantitative estimate of drug-likeness (QED) is 0.794. The molecule has 2 nitrogen and oxygen atoms in total. The van der Waals surface area contributed by atoms with Gasteiger partial charge in [0, 0.05) is 12.6 Å². The molecule has 1 aromatic carbocycles. The van der Waals surface area contributed by atoms with Crippen molar-refractivity contribution in [2.75, 3.05) is 6.54 Å². The van der Waals surface area contributed by atoms with Gasteiger partial charge in [0.2, 0.25) is 0 Å². The Balaban J connectivity index is 2.68. The first-order chi connectivity index (χ1) is 7.88. The summed E-state index contributed by atoms with van der Waals surface area (Å²) in [6.45, 7) is 8.72. The maximum Gasteiger partial charge on any atom is 0.0715 e. The summed E-state index contributed by atoms with van der Waals surface area (Å²) in [4.78, 5) is 0. The summed E-state index contributed by atoms with van der Waals surface area (Å²) in [7, 11) is 0. The lowest BCUT2D eigenvalue weighted by Gasteiger charge is -2.25. The molecule has 1 rings (SSSR count). The van der Waals surface area contributed by atoms with E-state index in [0.717, 1.165) is 6.42 Å². The smallest absolute Gasteiger partial charge is 0.0715 e. The lowest BCUT2D eigenvalue weighted by Crippen LogP contribution is -2.37. The Labute approximate surface area is 105 Å². The first-order valence-corrected chi connectivity index (χ1v) is 6.39. The molecule has 96 valence electrons. The van der Waals surface area contributed by atoms with Gasteiger partial charge in [0.1, 0.15) is 0 Å². The highest BCUT2D eigenvalue weighted by Crippen LogP contribution is 2.21. The zero-order chi connectivity index (χ0) is 12.9. The summed E-state index contributed by atoms with van der Waals surface area (Å²) in [5.41, 5.74) is 0.634. The van der Waals surface area contributed by atoms with Crippen molar-refractivity contribution >= 4 is 0 Å². The maximum absolute atomic E-state index is 9.79. The molecule has 0 aliphatic carbocycles. The molecule has 0 fully saturated rings. The molecule has 1 atom stereocenters. The van der Waals surface area contributed by atoms with E-state index in [1.807, 2.05) is 19.9 Å². The summed E-state index contributed by atoms with van der Waals surface area (Å²) >= 11 is 0. The van der Waals surface area contributed by atoms with E-state index in [9.17, 15) is 5.11 Å². The van der Waals surface area contributed by atoms with Gasteiger partial charge in [-0.2, -0.15) is 0 Å². The second kappa shape index (κ2) is 6.18. The summed E-state index contributed by atoms with van der Waals surface area (Å²) in [6, 6.07) is 10.8. The predicted molar refractivity (Wildman–Crippen MR) is 72.9 cm³/mol. The van der Waals surface area contributed by atoms with Gasteiger partial charge in [0.05, 0.1) is 5.60 Å². The van der Waals surface area contributed by atoms with Gasteiger partial charge in [-0.15, -0.1) is 0 Å². The Hall–Kier alpha value is -0.860. The van der Waals surface area contributed by atoms with Gasteiger partial charge >= 0.3 is 0 Å². The van der Waals surface area contributed by atoms with E-state index in [4.69, 9.17) is 0 Å². The first kappa shape index (κ1) is 14.2. The molecule has 17 heavy (non-hydrogen) atoms. The van der Waals surface area contributed by atoms with Crippen molar-refractivity contribution in [1.29, 1.82) is 0 Å². The molecule has 0 aliphatic heterocycles. The van der Waals surface area contributed by atoms with Gasteiger partial charge in [-0.1, -0.05) is 44.2 Å². The monoisotopic (exact) mass is 235 g/mol. The fourth-order valence-corrected chi connectivity index (χ4v) is 1.87. The third-order valence-corrected chi connectivity index (χ3v) is 2.69. The Morgan fingerprint density at radius 3 is 2.24 bits per heavy atom. The van der Waals surface area contributed by atoms with E-state index < -0.39 is 5.60 Å². The van der Waals surface area contributed by atoms with Gasteiger partial charge < -0.3 is 10.4 Å². The minimum absolute atomic E-state index is 0.322. The normalized spacial score (nSPS) is 14.0. The zero-order valence-corrected chi connectivity index (χ0v) is 11.4. The van der Waals surface area contributed by atoms with Crippen LogP contribution in [0.3, 0.4) is 0 Å². The highest BCUT2D eigenvalue weighted by Gasteiger charge is 2.17. The van der Waals surface area contributed by atoms with Crippen LogP contribution in [-0.4, -0.2) is 17.3 Å². The van der Waals surface area contributed by atoms with Gasteiger partial charge in [0.15, 0.2) is 0 Å². The number of nitrogens with one attached hydrogen (secondary N) is 1. The average molecular weight is 235 g/mol. The SMILES string of the molecule is CC(C)CC(NCC(C)(C)O)c1ccccc1. The fourth-order valence-electron chi connectivity index (χ4n) is 1.87. The van der Waals surface area contributed by atoms with Crippen molar-refractivity contribution in [1.82, 2.24) is 5.32 Å². The van der Waals surface area contributed by atoms with E-state index in [1.54, 1.807) is 0 Å². The highest BCUT2D eigenvalue weighted by atomic mass is 16.3. The predicted octanol–water partition coefficient (Wildman–Crippen LogP) is 3.13. The highest BCUT2D eigenvalue weighted by molar-refractivity contribution is 5.19. The molecule has 0 heterocycles. The third-order valence-electron chi connectivity index (χ3n) is 2.69. The van der Waals surface area contributed by atoms with Crippen molar-refractivity contribution in [2.24, 2.45) is 5.92 Å². The summed E-state index contributed by atoms with van der Waals surface area (Å²) in [5.74, 6) is 0.634. The lowest BCUT2D eigenvalue weighted by molar-refractivity contribution is 0.0754. The fraction of sp³-hybridized carbons (Fsp3) is 0.600. The van der Waals surface area contributed by atoms with Gasteiger partial charge in [0.25, 0.3) is 0 Å². The number of hydrogen-bond acceptors (Lipinski definition) is 2. The number of aliphatic hydroxyl groups is 1. The molecule has 0 amide bonds. The van der Waals surface area contributed by atoms with Crippen LogP contribution in [0.25, 0.3) is 0 Å². The second-order valence-corrected chi connectivity index (χ2v) is 5.79. The van der Waals surface area contributed by atoms with E-state index >= 15 is 0 Å². The summed E-state index contributed by atoms with van der Waals surface area (Å²) < 4.78 is 0. The van der Waals surface area contributed by atoms with Crippen LogP contribution >= 0.6 is 0 Å². The van der Waals surface area contributed by atoms with E-state index in [0.29, 0.717) is 18.5 Å². The minimum atomic E-state index is -0.663. The Bertz CT molecular complexity index is 313. The molecule has 0 spiro atoms. The number of hydrogen-bond donors (Lipinski definition) is 2. The van der Waals surface area contributed by atoms with Crippen LogP contribution in [0.1, 0.15) is 45.7 Å². The molecule has 0 saturated carbocycles. The van der Waals surface area contributed by atoms with Crippen LogP contribution in [0.2, 0.25) is 0 Å². The molecule has 0 saturated heterocycles. The van der Waals surface area contributed by atoms with E-state index in [-0.39, 0.29) is 0 Å². The topological polar surface area (TPSA) is 32.3 Å². The van der Waals surface area contributed by atoms with Crippen molar-refractivity contribution in [3.8, 4) is 0 Å². The van der Waals surface area contributed by atoms with Crippen molar-refractivity contribution in [2.45, 2.75) is 45.8 Å². The van der Waals surface area contributed by atoms with Gasteiger partial charge in [-0.25, -0.2) is 0 Å². The third kappa shape index (κ3) is 5.85. The lowest BCUT2D eigenvalue weighted by atomic mass is 9.96. The average Bonchev–Trinajstić information content (AvgIpc) is 2.24. The van der Waals surface area contributed by atoms with Gasteiger partial charge in [-0.3, -0.25) is 0 Å². The van der Waals surface area contributed by atoms with Crippen molar-refractivity contribution < 1.29 is 5.11 Å². The Morgan fingerprint density at radius 1 is 1.18 bits per heavy atom. The molecular formula is C15H25NO. The number of benzene rings is 1. The molecule has 1 aromatic rings. The van der Waals surface area contributed by atoms with Crippen molar-refractivity contribution in [3.05, 3.63) is 35.9 Å². The first-order valence-electron chi connectivity index (χ1n) is 6.39. The van der Waals surface area contributed by atoms with Crippen LogP contribution in [0.4, 0.5) is 0 Å². The van der Waals surface area contributed by atoms with E-state index in [2.05, 4.69) is 43.4 Å². The summed E-state index contributed by atoms with van der Waals surface area (Å²) in [6.07, 6.45) is 1.08.